The molecule has 0 aliphatic heterocycles. The Kier molecular flexibility index (Phi) is 5.73. The molecule has 0 atom stereocenters. The van der Waals surface area contributed by atoms with E-state index in [1.165, 1.54) is 7.11 Å². The molecule has 0 aliphatic rings. The van der Waals surface area contributed by atoms with E-state index < -0.39 is 17.9 Å². The normalized spacial score (nSPS) is 12.7. The molecule has 0 fully saturated rings. The summed E-state index contributed by atoms with van der Waals surface area (Å²) in [5.41, 5.74) is -1.01. The number of rotatable bonds is 5. The van der Waals surface area contributed by atoms with Crippen molar-refractivity contribution in [2.75, 3.05) is 7.11 Å². The number of ether oxygens (including phenoxy) is 1. The zero-order valence-corrected chi connectivity index (χ0v) is 8.30. The highest BCUT2D eigenvalue weighted by molar-refractivity contribution is 5.89. The number of nitrogens with zero attached hydrogens (tertiary/aromatic N) is 1. The number of hydrogen-bond acceptors (Lipinski definition) is 4. The third-order valence-corrected chi connectivity index (χ3v) is 1.76. The van der Waals surface area contributed by atoms with E-state index in [0.717, 1.165) is 0 Å². The van der Waals surface area contributed by atoms with Crippen LogP contribution in [-0.4, -0.2) is 25.0 Å². The van der Waals surface area contributed by atoms with Crippen LogP contribution < -0.4 is 5.84 Å². The summed E-state index contributed by atoms with van der Waals surface area (Å²) in [6, 6.07) is 0. The van der Waals surface area contributed by atoms with Crippen LogP contribution in [0, 0.1) is 0 Å². The molecule has 0 saturated heterocycles. The number of carbonyl (C=O) groups is 1. The number of esters is 1. The molecule has 0 amide bonds. The Morgan fingerprint density at radius 1 is 1.33 bits per heavy atom. The predicted molar refractivity (Wildman–Crippen MR) is 48.2 cm³/mol. The van der Waals surface area contributed by atoms with Crippen LogP contribution in [0.1, 0.15) is 25.7 Å². The fourth-order valence-electron chi connectivity index (χ4n) is 0.943. The topological polar surface area (TPSA) is 64.7 Å². The van der Waals surface area contributed by atoms with Crippen LogP contribution in [-0.2, 0) is 9.53 Å². The summed E-state index contributed by atoms with van der Waals surface area (Å²) in [5, 5.41) is 2.67. The lowest BCUT2D eigenvalue weighted by atomic mass is 10.1. The van der Waals surface area contributed by atoms with Crippen molar-refractivity contribution in [2.45, 2.75) is 31.9 Å². The molecule has 0 saturated carbocycles. The lowest BCUT2D eigenvalue weighted by Gasteiger charge is -2.08. The zero-order chi connectivity index (χ0) is 11.9. The summed E-state index contributed by atoms with van der Waals surface area (Å²) in [5.74, 6) is 4.17. The second-order valence-electron chi connectivity index (χ2n) is 2.86. The molecule has 0 aliphatic carbocycles. The van der Waals surface area contributed by atoms with Gasteiger partial charge < -0.3 is 10.6 Å². The van der Waals surface area contributed by atoms with Gasteiger partial charge in [0.05, 0.1) is 7.11 Å². The van der Waals surface area contributed by atoms with Gasteiger partial charge >= 0.3 is 12.1 Å². The van der Waals surface area contributed by atoms with Crippen molar-refractivity contribution in [3.63, 3.8) is 0 Å². The number of nitrogens with two attached hydrogens (primary N) is 1. The minimum absolute atomic E-state index is 0.103. The zero-order valence-electron chi connectivity index (χ0n) is 8.30. The van der Waals surface area contributed by atoms with Gasteiger partial charge in [0.2, 0.25) is 0 Å². The first-order valence-corrected chi connectivity index (χ1v) is 4.32. The van der Waals surface area contributed by atoms with E-state index in [2.05, 4.69) is 15.7 Å². The molecule has 0 heterocycles. The van der Waals surface area contributed by atoms with Gasteiger partial charge in [0.1, 0.15) is 5.71 Å². The highest BCUT2D eigenvalue weighted by atomic mass is 19.4. The molecule has 0 spiro atoms. The summed E-state index contributed by atoms with van der Waals surface area (Å²) in [6.07, 6.45) is -4.14. The SMILES string of the molecule is COC(=O)CCCC/C(=N/N)C(F)(F)F. The van der Waals surface area contributed by atoms with Crippen LogP contribution in [0.15, 0.2) is 5.10 Å². The number of hydrazone groups is 1. The van der Waals surface area contributed by atoms with Gasteiger partial charge in [0.15, 0.2) is 0 Å². The Morgan fingerprint density at radius 2 is 1.87 bits per heavy atom. The molecule has 0 rings (SSSR count). The van der Waals surface area contributed by atoms with Gasteiger partial charge in [0, 0.05) is 6.42 Å². The number of hydrogen-bond donors (Lipinski definition) is 1. The molecule has 0 aromatic carbocycles. The van der Waals surface area contributed by atoms with Crippen molar-refractivity contribution in [3.05, 3.63) is 0 Å². The molecule has 2 N–H and O–H groups in total. The highest BCUT2D eigenvalue weighted by Crippen LogP contribution is 2.20. The van der Waals surface area contributed by atoms with Crippen molar-refractivity contribution in [3.8, 4) is 0 Å². The lowest BCUT2D eigenvalue weighted by Crippen LogP contribution is -2.24. The van der Waals surface area contributed by atoms with E-state index in [9.17, 15) is 18.0 Å². The third kappa shape index (κ3) is 5.92. The maximum atomic E-state index is 12.1. The molecule has 0 bridgehead atoms. The fraction of sp³-hybridized carbons (Fsp3) is 0.750. The molecule has 7 heteroatoms. The van der Waals surface area contributed by atoms with Crippen LogP contribution in [0.25, 0.3) is 0 Å². The molecule has 0 unspecified atom stereocenters. The average Bonchev–Trinajstić information content (AvgIpc) is 2.15. The molecular formula is C8H13F3N2O2. The molecule has 0 aromatic rings. The van der Waals surface area contributed by atoms with Gasteiger partial charge in [-0.1, -0.05) is 0 Å². The molecule has 0 radical (unpaired) electrons. The van der Waals surface area contributed by atoms with Gasteiger partial charge in [-0.15, -0.1) is 0 Å². The first-order chi connectivity index (χ1) is 6.91. The molecule has 88 valence electrons. The van der Waals surface area contributed by atoms with E-state index >= 15 is 0 Å². The Bertz CT molecular complexity index is 239. The summed E-state index contributed by atoms with van der Waals surface area (Å²) < 4.78 is 40.5. The molecule has 0 aromatic heterocycles. The number of methoxy groups -OCH3 is 1. The van der Waals surface area contributed by atoms with Crippen molar-refractivity contribution < 1.29 is 22.7 Å². The van der Waals surface area contributed by atoms with Gasteiger partial charge in [-0.05, 0) is 19.3 Å². The number of unbranched alkanes of at least 4 members (excludes halogenated alkanes) is 1. The largest absolute Gasteiger partial charge is 0.469 e. The van der Waals surface area contributed by atoms with E-state index in [0.29, 0.717) is 6.42 Å². The minimum Gasteiger partial charge on any atom is -0.469 e. The van der Waals surface area contributed by atoms with Crippen LogP contribution in [0.3, 0.4) is 0 Å². The second kappa shape index (κ2) is 6.26. The summed E-state index contributed by atoms with van der Waals surface area (Å²) in [4.78, 5) is 10.6. The first-order valence-electron chi connectivity index (χ1n) is 4.32. The second-order valence-corrected chi connectivity index (χ2v) is 2.86. The van der Waals surface area contributed by atoms with Crippen molar-refractivity contribution in [1.29, 1.82) is 0 Å². The van der Waals surface area contributed by atoms with Gasteiger partial charge in [0.25, 0.3) is 0 Å². The first kappa shape index (κ1) is 13.7. The maximum absolute atomic E-state index is 12.1. The molecule has 15 heavy (non-hydrogen) atoms. The maximum Gasteiger partial charge on any atom is 0.431 e. The van der Waals surface area contributed by atoms with Crippen LogP contribution in [0.4, 0.5) is 13.2 Å². The molecular weight excluding hydrogens is 213 g/mol. The van der Waals surface area contributed by atoms with E-state index in [-0.39, 0.29) is 19.3 Å². The van der Waals surface area contributed by atoms with Crippen LogP contribution in [0.5, 0.6) is 0 Å². The average molecular weight is 226 g/mol. The fourth-order valence-corrected chi connectivity index (χ4v) is 0.943. The van der Waals surface area contributed by atoms with E-state index in [1.807, 2.05) is 0 Å². The molecule has 4 nitrogen and oxygen atoms in total. The van der Waals surface area contributed by atoms with E-state index in [1.54, 1.807) is 0 Å². The lowest BCUT2D eigenvalue weighted by molar-refractivity contribution is -0.140. The van der Waals surface area contributed by atoms with Crippen molar-refractivity contribution in [1.82, 2.24) is 0 Å². The van der Waals surface area contributed by atoms with Crippen molar-refractivity contribution >= 4 is 11.7 Å². The number of alkyl halides is 3. The van der Waals surface area contributed by atoms with Gasteiger partial charge in [-0.25, -0.2) is 0 Å². The Morgan fingerprint density at radius 3 is 2.27 bits per heavy atom. The Hall–Kier alpha value is -1.27. The number of halogens is 3. The quantitative estimate of drug-likeness (QED) is 0.254. The standard InChI is InChI=1S/C8H13F3N2O2/c1-15-7(14)5-3-2-4-6(13-12)8(9,10)11/h2-5,12H2,1H3/b13-6-. The van der Waals surface area contributed by atoms with Crippen LogP contribution in [0.2, 0.25) is 0 Å². The Labute approximate surface area is 85.3 Å². The summed E-state index contributed by atoms with van der Waals surface area (Å²) in [6.45, 7) is 0. The highest BCUT2D eigenvalue weighted by Gasteiger charge is 2.34. The summed E-state index contributed by atoms with van der Waals surface area (Å²) >= 11 is 0. The van der Waals surface area contributed by atoms with Crippen LogP contribution >= 0.6 is 0 Å². The monoisotopic (exact) mass is 226 g/mol. The summed E-state index contributed by atoms with van der Waals surface area (Å²) in [7, 11) is 1.23. The smallest absolute Gasteiger partial charge is 0.431 e. The third-order valence-electron chi connectivity index (χ3n) is 1.76. The van der Waals surface area contributed by atoms with E-state index in [4.69, 9.17) is 0 Å². The predicted octanol–water partition coefficient (Wildman–Crippen LogP) is 1.60. The van der Waals surface area contributed by atoms with Crippen molar-refractivity contribution in [2.24, 2.45) is 10.9 Å². The van der Waals surface area contributed by atoms with Gasteiger partial charge in [-0.2, -0.15) is 18.3 Å². The minimum atomic E-state index is -4.49. The van der Waals surface area contributed by atoms with Gasteiger partial charge in [-0.3, -0.25) is 4.79 Å². The Balaban J connectivity index is 3.81. The number of carbonyl (C=O) groups excluding carboxylic acids is 1.